The number of piperidine rings is 1. The number of phenolic OH excluding ortho intramolecular Hbond substituents is 1. The molecule has 1 aliphatic rings. The summed E-state index contributed by atoms with van der Waals surface area (Å²) in [6.45, 7) is 4.31. The van der Waals surface area contributed by atoms with Crippen LogP contribution in [0.25, 0.3) is 21.3 Å². The number of likely N-dealkylation sites (tertiary alicyclic amines) is 1. The summed E-state index contributed by atoms with van der Waals surface area (Å²) in [5, 5.41) is 28.0. The van der Waals surface area contributed by atoms with Crippen LogP contribution >= 0.6 is 11.3 Å². The molecule has 10 nitrogen and oxygen atoms in total. The standard InChI is InChI=1S/C51H50N4O6S/c56-44-20-18-42(43-19-22-47(58)54-49(43)44)45(57)31-52-29-36-11-7-16-40(27-36)50(59)53-30-41-17-21-46(62-41)38-14-8-15-39(28-38)48(37-12-5-2-6-13-37)51(60)61-33-35-23-25-55(26-24-35)32-34-9-3-1-4-10-34/h1-22,27-28,35,45,48,52,56-57H,23-26,29-33H2,(H,53,59)(H,54,58)/t45-,48?/m0/s1. The lowest BCUT2D eigenvalue weighted by atomic mass is 9.90. The number of pyridine rings is 1. The minimum absolute atomic E-state index is 0.0637. The van der Waals surface area contributed by atoms with Gasteiger partial charge in [0, 0.05) is 46.4 Å². The van der Waals surface area contributed by atoms with Crippen molar-refractivity contribution in [1.82, 2.24) is 20.5 Å². The monoisotopic (exact) mass is 846 g/mol. The summed E-state index contributed by atoms with van der Waals surface area (Å²) in [4.78, 5) is 46.1. The van der Waals surface area contributed by atoms with Gasteiger partial charge in [0.05, 0.1) is 24.8 Å². The van der Waals surface area contributed by atoms with Gasteiger partial charge in [-0.1, -0.05) is 97.1 Å². The summed E-state index contributed by atoms with van der Waals surface area (Å²) in [7, 11) is 0. The lowest BCUT2D eigenvalue weighted by Gasteiger charge is -2.32. The van der Waals surface area contributed by atoms with Crippen molar-refractivity contribution < 1.29 is 24.5 Å². The SMILES string of the molecule is O=C(NCc1ccc(-c2cccc(C(C(=O)OCC3CCN(Cc4ccccc4)CC3)c3ccccc3)c2)s1)c1cccc(CNC[C@H](O)c2ccc(O)c3[nH]c(=O)ccc23)c1. The minimum Gasteiger partial charge on any atom is -0.506 e. The zero-order chi connectivity index (χ0) is 42.8. The zero-order valence-electron chi connectivity index (χ0n) is 34.3. The number of aliphatic hydroxyl groups is 1. The van der Waals surface area contributed by atoms with Gasteiger partial charge in [-0.3, -0.25) is 19.3 Å². The Morgan fingerprint density at radius 1 is 0.790 bits per heavy atom. The maximum absolute atomic E-state index is 13.9. The Morgan fingerprint density at radius 2 is 1.53 bits per heavy atom. The van der Waals surface area contributed by atoms with Gasteiger partial charge in [-0.15, -0.1) is 11.3 Å². The highest BCUT2D eigenvalue weighted by molar-refractivity contribution is 7.15. The number of phenols is 1. The van der Waals surface area contributed by atoms with Crippen molar-refractivity contribution in [2.45, 2.75) is 44.5 Å². The maximum atomic E-state index is 13.9. The number of aromatic hydroxyl groups is 1. The third kappa shape index (κ3) is 10.6. The van der Waals surface area contributed by atoms with Gasteiger partial charge < -0.3 is 30.6 Å². The number of benzene rings is 5. The number of thiophene rings is 1. The molecule has 8 rings (SSSR count). The molecule has 0 saturated carbocycles. The van der Waals surface area contributed by atoms with Crippen molar-refractivity contribution in [3.8, 4) is 16.2 Å². The average molecular weight is 847 g/mol. The van der Waals surface area contributed by atoms with Crippen molar-refractivity contribution in [3.63, 3.8) is 0 Å². The molecule has 1 saturated heterocycles. The number of carbonyl (C=O) groups excluding carboxylic acids is 2. The fraction of sp³-hybridized carbons (Fsp3) is 0.235. The molecule has 3 heterocycles. The van der Waals surface area contributed by atoms with Gasteiger partial charge in [0.1, 0.15) is 11.7 Å². The summed E-state index contributed by atoms with van der Waals surface area (Å²) in [5.74, 6) is -0.728. The number of ether oxygens (including phenoxy) is 1. The first-order chi connectivity index (χ1) is 30.3. The van der Waals surface area contributed by atoms with Crippen LogP contribution in [0.5, 0.6) is 5.75 Å². The smallest absolute Gasteiger partial charge is 0.317 e. The lowest BCUT2D eigenvalue weighted by Crippen LogP contribution is -2.35. The molecule has 5 aromatic carbocycles. The minimum atomic E-state index is -0.898. The second kappa shape index (κ2) is 20.0. The number of nitrogens with one attached hydrogen (secondary N) is 3. The third-order valence-electron chi connectivity index (χ3n) is 11.5. The number of hydrogen-bond donors (Lipinski definition) is 5. The number of H-pyrrole nitrogens is 1. The summed E-state index contributed by atoms with van der Waals surface area (Å²) in [5.41, 5.74) is 5.99. The van der Waals surface area contributed by atoms with Crippen molar-refractivity contribution in [2.75, 3.05) is 26.2 Å². The number of aromatic amines is 1. The molecule has 5 N–H and O–H groups in total. The number of aromatic nitrogens is 1. The molecule has 0 aliphatic carbocycles. The van der Waals surface area contributed by atoms with E-state index < -0.39 is 12.0 Å². The first-order valence-electron chi connectivity index (χ1n) is 21.0. The molecule has 2 aromatic heterocycles. The van der Waals surface area contributed by atoms with Crippen LogP contribution in [-0.4, -0.2) is 58.2 Å². The Bertz CT molecular complexity index is 2670. The van der Waals surface area contributed by atoms with E-state index in [4.69, 9.17) is 4.74 Å². The van der Waals surface area contributed by atoms with Gasteiger partial charge in [-0.25, -0.2) is 0 Å². The van der Waals surface area contributed by atoms with E-state index in [2.05, 4.69) is 50.8 Å². The Kier molecular flexibility index (Phi) is 13.7. The van der Waals surface area contributed by atoms with Crippen LogP contribution in [0.15, 0.2) is 150 Å². The van der Waals surface area contributed by atoms with Gasteiger partial charge in [-0.2, -0.15) is 0 Å². The number of nitrogens with zero attached hydrogens (tertiary/aromatic N) is 1. The van der Waals surface area contributed by atoms with E-state index in [1.807, 2.05) is 84.9 Å². The predicted octanol–water partition coefficient (Wildman–Crippen LogP) is 8.30. The predicted molar refractivity (Wildman–Crippen MR) is 244 cm³/mol. The van der Waals surface area contributed by atoms with Crippen molar-refractivity contribution in [2.24, 2.45) is 5.92 Å². The Labute approximate surface area is 364 Å². The van der Waals surface area contributed by atoms with E-state index in [0.29, 0.717) is 42.1 Å². The molecule has 2 atom stereocenters. The number of esters is 1. The molecular formula is C51H50N4O6S. The lowest BCUT2D eigenvalue weighted by molar-refractivity contribution is -0.146. The molecule has 1 unspecified atom stereocenters. The maximum Gasteiger partial charge on any atom is 0.317 e. The Balaban J connectivity index is 0.850. The number of aliphatic hydroxyl groups excluding tert-OH is 1. The van der Waals surface area contributed by atoms with Crippen molar-refractivity contribution >= 4 is 34.1 Å². The van der Waals surface area contributed by atoms with Crippen molar-refractivity contribution in [1.29, 1.82) is 0 Å². The fourth-order valence-corrected chi connectivity index (χ4v) is 9.09. The number of rotatable bonds is 16. The molecule has 1 aliphatic heterocycles. The molecule has 62 heavy (non-hydrogen) atoms. The van der Waals surface area contributed by atoms with Crippen LogP contribution in [-0.2, 0) is 29.2 Å². The summed E-state index contributed by atoms with van der Waals surface area (Å²) < 4.78 is 6.09. The normalized spacial score (nSPS) is 14.3. The summed E-state index contributed by atoms with van der Waals surface area (Å²) in [6, 6.07) is 45.9. The Hall–Kier alpha value is -6.37. The van der Waals surface area contributed by atoms with E-state index in [1.54, 1.807) is 29.5 Å². The number of carbonyl (C=O) groups is 2. The van der Waals surface area contributed by atoms with Gasteiger partial charge in [0.15, 0.2) is 0 Å². The molecule has 11 heteroatoms. The quantitative estimate of drug-likeness (QED) is 0.0612. The molecule has 1 fully saturated rings. The zero-order valence-corrected chi connectivity index (χ0v) is 35.2. The number of amides is 1. The second-order valence-electron chi connectivity index (χ2n) is 15.9. The topological polar surface area (TPSA) is 144 Å². The molecule has 0 spiro atoms. The van der Waals surface area contributed by atoms with Crippen LogP contribution in [0.1, 0.15) is 67.9 Å². The van der Waals surface area contributed by atoms with Crippen LogP contribution in [0, 0.1) is 5.92 Å². The first kappa shape index (κ1) is 42.3. The van der Waals surface area contributed by atoms with E-state index in [9.17, 15) is 24.6 Å². The molecule has 1 amide bonds. The summed E-state index contributed by atoms with van der Waals surface area (Å²) >= 11 is 1.59. The van der Waals surface area contributed by atoms with Gasteiger partial charge in [0.2, 0.25) is 5.56 Å². The van der Waals surface area contributed by atoms with E-state index in [-0.39, 0.29) is 35.2 Å². The van der Waals surface area contributed by atoms with Crippen LogP contribution in [0.3, 0.4) is 0 Å². The average Bonchev–Trinajstić information content (AvgIpc) is 3.79. The molecule has 7 aromatic rings. The number of fused-ring (bicyclic) bond motifs is 1. The van der Waals surface area contributed by atoms with Gasteiger partial charge in [0.25, 0.3) is 5.91 Å². The van der Waals surface area contributed by atoms with Crippen LogP contribution in [0.4, 0.5) is 0 Å². The third-order valence-corrected chi connectivity index (χ3v) is 12.6. The van der Waals surface area contributed by atoms with Crippen LogP contribution < -0.4 is 16.2 Å². The fourth-order valence-electron chi connectivity index (χ4n) is 8.15. The second-order valence-corrected chi connectivity index (χ2v) is 17.1. The molecule has 0 bridgehead atoms. The van der Waals surface area contributed by atoms with E-state index in [0.717, 1.165) is 64.5 Å². The highest BCUT2D eigenvalue weighted by atomic mass is 32.1. The van der Waals surface area contributed by atoms with Crippen molar-refractivity contribution in [3.05, 3.63) is 194 Å². The highest BCUT2D eigenvalue weighted by Crippen LogP contribution is 2.34. The Morgan fingerprint density at radius 3 is 2.34 bits per heavy atom. The van der Waals surface area contributed by atoms with Gasteiger partial charge >= 0.3 is 5.97 Å². The molecule has 0 radical (unpaired) electrons. The van der Waals surface area contributed by atoms with E-state index >= 15 is 0 Å². The largest absolute Gasteiger partial charge is 0.506 e. The highest BCUT2D eigenvalue weighted by Gasteiger charge is 2.27. The molecular weight excluding hydrogens is 797 g/mol. The molecule has 316 valence electrons. The van der Waals surface area contributed by atoms with Crippen LogP contribution in [0.2, 0.25) is 0 Å². The number of hydrogen-bond acceptors (Lipinski definition) is 9. The van der Waals surface area contributed by atoms with E-state index in [1.165, 1.54) is 17.7 Å². The summed E-state index contributed by atoms with van der Waals surface area (Å²) in [6.07, 6.45) is 1.10. The van der Waals surface area contributed by atoms with Gasteiger partial charge in [-0.05, 0) is 108 Å². The first-order valence-corrected chi connectivity index (χ1v) is 21.9.